The Bertz CT molecular complexity index is 234. The van der Waals surface area contributed by atoms with Gasteiger partial charge in [-0.2, -0.15) is 0 Å². The van der Waals surface area contributed by atoms with Crippen LogP contribution in [0.1, 0.15) is 40.5 Å². The minimum Gasteiger partial charge on any atom is -0.392 e. The number of aliphatic hydroxyl groups excluding tert-OH is 1. The maximum atomic E-state index is 11.4. The number of hydrogen-bond donors (Lipinski definition) is 2. The summed E-state index contributed by atoms with van der Waals surface area (Å²) in [4.78, 5) is 11.4. The Balaban J connectivity index is 4.07. The van der Waals surface area contributed by atoms with E-state index < -0.39 is 6.10 Å². The van der Waals surface area contributed by atoms with Crippen molar-refractivity contribution in [3.63, 3.8) is 0 Å². The molecule has 0 heterocycles. The van der Waals surface area contributed by atoms with Gasteiger partial charge >= 0.3 is 0 Å². The standard InChI is InChI=1S/C13H25NO2/c1-6-7-8-11(15)14-9-13(4,5)12(16)10(2)3/h6,10,12,16H,1,7-9H2,2-5H3,(H,14,15). The number of amides is 1. The zero-order valence-corrected chi connectivity index (χ0v) is 10.9. The number of carbonyl (C=O) groups is 1. The highest BCUT2D eigenvalue weighted by atomic mass is 16.3. The van der Waals surface area contributed by atoms with Crippen molar-refractivity contribution in [1.29, 1.82) is 0 Å². The molecule has 0 radical (unpaired) electrons. The second-order valence-corrected chi connectivity index (χ2v) is 5.28. The molecule has 0 aliphatic heterocycles. The minimum atomic E-state index is -0.410. The van der Waals surface area contributed by atoms with Gasteiger partial charge in [-0.15, -0.1) is 6.58 Å². The lowest BCUT2D eigenvalue weighted by Gasteiger charge is -2.33. The van der Waals surface area contributed by atoms with Crippen LogP contribution in [-0.2, 0) is 4.79 Å². The first-order valence-corrected chi connectivity index (χ1v) is 5.87. The van der Waals surface area contributed by atoms with Crippen molar-refractivity contribution in [2.75, 3.05) is 6.54 Å². The molecular formula is C13H25NO2. The number of hydrogen-bond acceptors (Lipinski definition) is 2. The first-order chi connectivity index (χ1) is 7.31. The second kappa shape index (κ2) is 6.69. The van der Waals surface area contributed by atoms with Gasteiger partial charge in [0.1, 0.15) is 0 Å². The molecule has 0 saturated heterocycles. The monoisotopic (exact) mass is 227 g/mol. The maximum absolute atomic E-state index is 11.4. The fraction of sp³-hybridized carbons (Fsp3) is 0.769. The quantitative estimate of drug-likeness (QED) is 0.654. The van der Waals surface area contributed by atoms with Gasteiger partial charge in [0.2, 0.25) is 5.91 Å². The van der Waals surface area contributed by atoms with Crippen molar-refractivity contribution in [2.24, 2.45) is 11.3 Å². The predicted molar refractivity (Wildman–Crippen MR) is 67.1 cm³/mol. The SMILES string of the molecule is C=CCCC(=O)NCC(C)(C)C(O)C(C)C. The van der Waals surface area contributed by atoms with Gasteiger partial charge in [-0.3, -0.25) is 4.79 Å². The normalized spacial score (nSPS) is 13.6. The smallest absolute Gasteiger partial charge is 0.220 e. The van der Waals surface area contributed by atoms with Gasteiger partial charge in [-0.05, 0) is 12.3 Å². The van der Waals surface area contributed by atoms with Crippen LogP contribution in [0.2, 0.25) is 0 Å². The van der Waals surface area contributed by atoms with Crippen molar-refractivity contribution in [1.82, 2.24) is 5.32 Å². The van der Waals surface area contributed by atoms with Crippen LogP contribution in [0.3, 0.4) is 0 Å². The minimum absolute atomic E-state index is 0.0175. The molecule has 0 aromatic heterocycles. The van der Waals surface area contributed by atoms with E-state index in [4.69, 9.17) is 0 Å². The largest absolute Gasteiger partial charge is 0.392 e. The summed E-state index contributed by atoms with van der Waals surface area (Å²) < 4.78 is 0. The van der Waals surface area contributed by atoms with Gasteiger partial charge in [0.25, 0.3) is 0 Å². The summed E-state index contributed by atoms with van der Waals surface area (Å²) in [5.74, 6) is 0.212. The van der Waals surface area contributed by atoms with Gasteiger partial charge < -0.3 is 10.4 Å². The van der Waals surface area contributed by atoms with Crippen LogP contribution in [0.5, 0.6) is 0 Å². The van der Waals surface area contributed by atoms with Crippen LogP contribution in [-0.4, -0.2) is 23.7 Å². The molecule has 0 bridgehead atoms. The van der Waals surface area contributed by atoms with Crippen molar-refractivity contribution >= 4 is 5.91 Å². The van der Waals surface area contributed by atoms with Crippen molar-refractivity contribution in [2.45, 2.75) is 46.6 Å². The van der Waals surface area contributed by atoms with Gasteiger partial charge in [-0.1, -0.05) is 33.8 Å². The first kappa shape index (κ1) is 15.2. The molecule has 0 rings (SSSR count). The molecule has 16 heavy (non-hydrogen) atoms. The third-order valence-electron chi connectivity index (χ3n) is 2.75. The summed E-state index contributed by atoms with van der Waals surface area (Å²) >= 11 is 0. The molecule has 1 amide bonds. The second-order valence-electron chi connectivity index (χ2n) is 5.28. The Morgan fingerprint density at radius 1 is 1.50 bits per heavy atom. The van der Waals surface area contributed by atoms with E-state index in [1.54, 1.807) is 6.08 Å². The fourth-order valence-electron chi connectivity index (χ4n) is 1.65. The van der Waals surface area contributed by atoms with Gasteiger partial charge in [0, 0.05) is 18.4 Å². The lowest BCUT2D eigenvalue weighted by atomic mass is 9.80. The average Bonchev–Trinajstić information content (AvgIpc) is 2.22. The highest BCUT2D eigenvalue weighted by Gasteiger charge is 2.30. The molecule has 94 valence electrons. The number of allylic oxidation sites excluding steroid dienone is 1. The molecular weight excluding hydrogens is 202 g/mol. The summed E-state index contributed by atoms with van der Waals surface area (Å²) in [5.41, 5.74) is -0.294. The van der Waals surface area contributed by atoms with Crippen LogP contribution >= 0.6 is 0 Å². The summed E-state index contributed by atoms with van der Waals surface area (Å²) in [6.45, 7) is 12.0. The molecule has 0 aliphatic rings. The van der Waals surface area contributed by atoms with E-state index in [0.717, 1.165) is 0 Å². The first-order valence-electron chi connectivity index (χ1n) is 5.87. The van der Waals surface area contributed by atoms with E-state index >= 15 is 0 Å². The van der Waals surface area contributed by atoms with E-state index in [2.05, 4.69) is 11.9 Å². The molecule has 0 spiro atoms. The summed E-state index contributed by atoms with van der Waals surface area (Å²) in [6.07, 6.45) is 2.48. The van der Waals surface area contributed by atoms with Crippen LogP contribution in [0.15, 0.2) is 12.7 Å². The van der Waals surface area contributed by atoms with E-state index in [9.17, 15) is 9.90 Å². The number of aliphatic hydroxyl groups is 1. The van der Waals surface area contributed by atoms with E-state index in [0.29, 0.717) is 19.4 Å². The summed E-state index contributed by atoms with van der Waals surface area (Å²) in [5, 5.41) is 12.8. The van der Waals surface area contributed by atoms with Crippen molar-refractivity contribution < 1.29 is 9.90 Å². The lowest BCUT2D eigenvalue weighted by Crippen LogP contribution is -2.43. The van der Waals surface area contributed by atoms with Crippen LogP contribution < -0.4 is 5.32 Å². The van der Waals surface area contributed by atoms with E-state index in [1.807, 2.05) is 27.7 Å². The highest BCUT2D eigenvalue weighted by molar-refractivity contribution is 5.76. The number of nitrogens with one attached hydrogen (secondary N) is 1. The lowest BCUT2D eigenvalue weighted by molar-refractivity contribution is -0.122. The fourth-order valence-corrected chi connectivity index (χ4v) is 1.65. The zero-order valence-electron chi connectivity index (χ0n) is 10.9. The molecule has 2 N–H and O–H groups in total. The zero-order chi connectivity index (χ0) is 12.8. The Morgan fingerprint density at radius 3 is 2.50 bits per heavy atom. The Kier molecular flexibility index (Phi) is 6.34. The van der Waals surface area contributed by atoms with Crippen LogP contribution in [0.25, 0.3) is 0 Å². The van der Waals surface area contributed by atoms with E-state index in [-0.39, 0.29) is 17.2 Å². The maximum Gasteiger partial charge on any atom is 0.220 e. The molecule has 0 aromatic rings. The molecule has 1 unspecified atom stereocenters. The highest BCUT2D eigenvalue weighted by Crippen LogP contribution is 2.25. The average molecular weight is 227 g/mol. The van der Waals surface area contributed by atoms with Gasteiger partial charge in [0.05, 0.1) is 6.10 Å². The topological polar surface area (TPSA) is 49.3 Å². The van der Waals surface area contributed by atoms with Crippen molar-refractivity contribution in [3.05, 3.63) is 12.7 Å². The van der Waals surface area contributed by atoms with Gasteiger partial charge in [-0.25, -0.2) is 0 Å². The molecule has 0 saturated carbocycles. The molecule has 1 atom stereocenters. The molecule has 3 heteroatoms. The van der Waals surface area contributed by atoms with Gasteiger partial charge in [0.15, 0.2) is 0 Å². The molecule has 0 aliphatic carbocycles. The number of carbonyl (C=O) groups excluding carboxylic acids is 1. The third-order valence-corrected chi connectivity index (χ3v) is 2.75. The molecule has 0 aromatic carbocycles. The molecule has 0 fully saturated rings. The Labute approximate surface area is 98.9 Å². The van der Waals surface area contributed by atoms with Crippen molar-refractivity contribution in [3.8, 4) is 0 Å². The Morgan fingerprint density at radius 2 is 2.06 bits per heavy atom. The Hall–Kier alpha value is -0.830. The van der Waals surface area contributed by atoms with E-state index in [1.165, 1.54) is 0 Å². The number of rotatable bonds is 7. The predicted octanol–water partition coefficient (Wildman–Crippen LogP) is 2.11. The van der Waals surface area contributed by atoms with Crippen LogP contribution in [0.4, 0.5) is 0 Å². The summed E-state index contributed by atoms with van der Waals surface area (Å²) in [6, 6.07) is 0. The van der Waals surface area contributed by atoms with Crippen LogP contribution in [0, 0.1) is 11.3 Å². The molecule has 3 nitrogen and oxygen atoms in total. The third kappa shape index (κ3) is 5.31. The summed E-state index contributed by atoms with van der Waals surface area (Å²) in [7, 11) is 0.